The molecule has 0 aromatic carbocycles. The minimum atomic E-state index is -0.554. The number of pyridine rings is 1. The molecule has 0 saturated carbocycles. The van der Waals surface area contributed by atoms with Crippen molar-refractivity contribution >= 4 is 5.91 Å². The van der Waals surface area contributed by atoms with Crippen molar-refractivity contribution in [3.8, 4) is 11.3 Å². The number of carbonyl (C=O) groups excluding carboxylic acids is 1. The number of amides is 1. The molecule has 2 aliphatic rings. The molecule has 1 fully saturated rings. The number of hydrogen-bond acceptors (Lipinski definition) is 5. The fourth-order valence-corrected chi connectivity index (χ4v) is 3.90. The molecule has 4 heterocycles. The lowest BCUT2D eigenvalue weighted by molar-refractivity contribution is 0.0946. The van der Waals surface area contributed by atoms with Gasteiger partial charge in [0.25, 0.3) is 5.91 Å². The van der Waals surface area contributed by atoms with E-state index < -0.39 is 12.0 Å². The minimum Gasteiger partial charge on any atom is -0.376 e. The van der Waals surface area contributed by atoms with Crippen LogP contribution >= 0.6 is 0 Å². The Labute approximate surface area is 157 Å². The first-order valence-corrected chi connectivity index (χ1v) is 9.18. The third-order valence-electron chi connectivity index (χ3n) is 5.05. The highest BCUT2D eigenvalue weighted by Crippen LogP contribution is 2.33. The maximum Gasteiger partial charge on any atom is 0.255 e. The predicted molar refractivity (Wildman–Crippen MR) is 99.1 cm³/mol. The number of piperidine rings is 1. The molecule has 0 bridgehead atoms. The number of aryl methyl sites for hydroxylation is 1. The van der Waals surface area contributed by atoms with Crippen LogP contribution in [0, 0.1) is 5.82 Å². The maximum atomic E-state index is 14.6. The predicted octanol–water partition coefficient (Wildman–Crippen LogP) is 1.95. The van der Waals surface area contributed by atoms with Crippen LogP contribution < -0.4 is 10.6 Å². The van der Waals surface area contributed by atoms with E-state index in [0.717, 1.165) is 25.9 Å². The van der Waals surface area contributed by atoms with Gasteiger partial charge in [-0.3, -0.25) is 19.8 Å². The van der Waals surface area contributed by atoms with Crippen LogP contribution in [0.4, 0.5) is 4.39 Å². The monoisotopic (exact) mass is 370 g/mol. The molecule has 2 aliphatic heterocycles. The van der Waals surface area contributed by atoms with Crippen molar-refractivity contribution in [1.29, 1.82) is 0 Å². The molecule has 27 heavy (non-hydrogen) atoms. The van der Waals surface area contributed by atoms with Gasteiger partial charge in [-0.25, -0.2) is 4.39 Å². The van der Waals surface area contributed by atoms with Crippen molar-refractivity contribution in [3.63, 3.8) is 0 Å². The smallest absolute Gasteiger partial charge is 0.255 e. The summed E-state index contributed by atoms with van der Waals surface area (Å²) in [6.07, 6.45) is 10.1. The summed E-state index contributed by atoms with van der Waals surface area (Å²) in [6.45, 7) is 3.83. The van der Waals surface area contributed by atoms with Crippen molar-refractivity contribution in [3.05, 3.63) is 47.8 Å². The van der Waals surface area contributed by atoms with E-state index in [4.69, 9.17) is 0 Å². The molecule has 8 heteroatoms. The lowest BCUT2D eigenvalue weighted by Crippen LogP contribution is -2.47. The molecule has 7 nitrogen and oxygen atoms in total. The Kier molecular flexibility index (Phi) is 4.65. The average molecular weight is 370 g/mol. The van der Waals surface area contributed by atoms with Crippen LogP contribution in [0.2, 0.25) is 0 Å². The van der Waals surface area contributed by atoms with Crippen molar-refractivity contribution < 1.29 is 9.18 Å². The van der Waals surface area contributed by atoms with Gasteiger partial charge in [0.2, 0.25) is 0 Å². The topological polar surface area (TPSA) is 75.1 Å². The summed E-state index contributed by atoms with van der Waals surface area (Å²) < 4.78 is 16.3. The van der Waals surface area contributed by atoms with Crippen LogP contribution in [0.25, 0.3) is 11.3 Å². The SMILES string of the molecule is CC=CN1CCCC(NC2NC(=O)c3c(-c4cnn(C)c4)ncc(F)c32)C1. The summed E-state index contributed by atoms with van der Waals surface area (Å²) in [4.78, 5) is 19.0. The number of rotatable bonds is 4. The molecule has 142 valence electrons. The first-order valence-electron chi connectivity index (χ1n) is 9.18. The Bertz CT molecular complexity index is 892. The second-order valence-electron chi connectivity index (χ2n) is 7.04. The van der Waals surface area contributed by atoms with Gasteiger partial charge in [0.1, 0.15) is 12.0 Å². The van der Waals surface area contributed by atoms with E-state index in [2.05, 4.69) is 31.8 Å². The van der Waals surface area contributed by atoms with E-state index in [-0.39, 0.29) is 11.9 Å². The molecule has 0 spiro atoms. The highest BCUT2D eigenvalue weighted by Gasteiger charge is 2.36. The van der Waals surface area contributed by atoms with Gasteiger partial charge in [0.05, 0.1) is 23.7 Å². The van der Waals surface area contributed by atoms with E-state index >= 15 is 0 Å². The Hall–Kier alpha value is -2.74. The first kappa shape index (κ1) is 17.7. The molecule has 1 saturated heterocycles. The summed E-state index contributed by atoms with van der Waals surface area (Å²) in [5.41, 5.74) is 1.79. The molecule has 1 amide bonds. The van der Waals surface area contributed by atoms with Gasteiger partial charge in [-0.15, -0.1) is 0 Å². The highest BCUT2D eigenvalue weighted by molar-refractivity contribution is 6.04. The highest BCUT2D eigenvalue weighted by atomic mass is 19.1. The largest absolute Gasteiger partial charge is 0.376 e. The summed E-state index contributed by atoms with van der Waals surface area (Å²) in [5.74, 6) is -0.788. The number of nitrogens with zero attached hydrogens (tertiary/aromatic N) is 4. The van der Waals surface area contributed by atoms with Crippen molar-refractivity contribution in [2.24, 2.45) is 7.05 Å². The summed E-state index contributed by atoms with van der Waals surface area (Å²) in [7, 11) is 1.79. The number of hydrogen-bond donors (Lipinski definition) is 2. The number of halogens is 1. The van der Waals surface area contributed by atoms with E-state index in [1.54, 1.807) is 24.1 Å². The zero-order valence-electron chi connectivity index (χ0n) is 15.4. The molecular formula is C19H23FN6O. The number of fused-ring (bicyclic) bond motifs is 1. The number of likely N-dealkylation sites (tertiary alicyclic amines) is 1. The van der Waals surface area contributed by atoms with Crippen LogP contribution in [0.5, 0.6) is 0 Å². The Morgan fingerprint density at radius 2 is 2.26 bits per heavy atom. The fourth-order valence-electron chi connectivity index (χ4n) is 3.90. The second-order valence-corrected chi connectivity index (χ2v) is 7.04. The van der Waals surface area contributed by atoms with Crippen LogP contribution in [0.15, 0.2) is 30.9 Å². The van der Waals surface area contributed by atoms with Crippen molar-refractivity contribution in [2.75, 3.05) is 13.1 Å². The van der Waals surface area contributed by atoms with Crippen LogP contribution in [-0.2, 0) is 7.05 Å². The van der Waals surface area contributed by atoms with Crippen LogP contribution in [-0.4, -0.2) is 44.7 Å². The van der Waals surface area contributed by atoms with Gasteiger partial charge in [-0.2, -0.15) is 5.10 Å². The Morgan fingerprint density at radius 1 is 1.41 bits per heavy atom. The molecule has 2 N–H and O–H groups in total. The normalized spacial score (nSPS) is 22.3. The fraction of sp³-hybridized carbons (Fsp3) is 0.421. The molecular weight excluding hydrogens is 347 g/mol. The van der Waals surface area contributed by atoms with Gasteiger partial charge >= 0.3 is 0 Å². The maximum absolute atomic E-state index is 14.6. The van der Waals surface area contributed by atoms with Crippen LogP contribution in [0.1, 0.15) is 41.9 Å². The van der Waals surface area contributed by atoms with E-state index in [0.29, 0.717) is 22.4 Å². The van der Waals surface area contributed by atoms with Gasteiger partial charge in [-0.1, -0.05) is 6.08 Å². The number of aromatic nitrogens is 3. The van der Waals surface area contributed by atoms with Crippen LogP contribution in [0.3, 0.4) is 0 Å². The van der Waals surface area contributed by atoms with E-state index in [1.807, 2.05) is 13.0 Å². The first-order chi connectivity index (χ1) is 13.1. The quantitative estimate of drug-likeness (QED) is 0.861. The molecule has 0 radical (unpaired) electrons. The minimum absolute atomic E-state index is 0.167. The van der Waals surface area contributed by atoms with Gasteiger partial charge in [0.15, 0.2) is 0 Å². The second kappa shape index (κ2) is 7.11. The summed E-state index contributed by atoms with van der Waals surface area (Å²) in [5, 5.41) is 10.4. The lowest BCUT2D eigenvalue weighted by atomic mass is 10.0. The third-order valence-corrected chi connectivity index (χ3v) is 5.05. The van der Waals surface area contributed by atoms with Crippen molar-refractivity contribution in [1.82, 2.24) is 30.3 Å². The lowest BCUT2D eigenvalue weighted by Gasteiger charge is -2.34. The molecule has 4 rings (SSSR count). The van der Waals surface area contributed by atoms with Crippen molar-refractivity contribution in [2.45, 2.75) is 32.0 Å². The molecule has 2 unspecified atom stereocenters. The number of allylic oxidation sites excluding steroid dienone is 1. The van der Waals surface area contributed by atoms with E-state index in [1.165, 1.54) is 6.20 Å². The third kappa shape index (κ3) is 3.32. The Morgan fingerprint density at radius 3 is 3.00 bits per heavy atom. The average Bonchev–Trinajstić information content (AvgIpc) is 3.21. The zero-order valence-corrected chi connectivity index (χ0v) is 15.4. The van der Waals surface area contributed by atoms with Gasteiger partial charge in [0, 0.05) is 43.5 Å². The van der Waals surface area contributed by atoms with E-state index in [9.17, 15) is 9.18 Å². The summed E-state index contributed by atoms with van der Waals surface area (Å²) in [6, 6.07) is 0.167. The molecule has 2 aromatic heterocycles. The molecule has 2 atom stereocenters. The van der Waals surface area contributed by atoms with Gasteiger partial charge < -0.3 is 10.2 Å². The standard InChI is InChI=1S/C19H23FN6O/c1-3-6-26-7-4-5-13(11-26)23-18-15-14(20)9-21-17(16(15)19(27)24-18)12-8-22-25(2)10-12/h3,6,8-10,13,18,23H,4-5,7,11H2,1-2H3,(H,24,27). The number of carbonyl (C=O) groups is 1. The zero-order chi connectivity index (χ0) is 19.0. The summed E-state index contributed by atoms with van der Waals surface area (Å²) >= 11 is 0. The van der Waals surface area contributed by atoms with Gasteiger partial charge in [-0.05, 0) is 26.0 Å². The number of nitrogens with one attached hydrogen (secondary N) is 2. The Balaban J connectivity index is 1.63. The molecule has 2 aromatic rings. The molecule has 0 aliphatic carbocycles.